The number of aromatic nitrogens is 2. The van der Waals surface area contributed by atoms with E-state index >= 15 is 0 Å². The first kappa shape index (κ1) is 14.7. The Morgan fingerprint density at radius 1 is 1.30 bits per heavy atom. The third-order valence-corrected chi connectivity index (χ3v) is 3.61. The number of rotatable bonds is 4. The maximum Gasteiger partial charge on any atom is 0.128 e. The zero-order chi connectivity index (χ0) is 14.9. The van der Waals surface area contributed by atoms with E-state index < -0.39 is 17.7 Å². The number of nitrogens with zero attached hydrogens (tertiary/aromatic N) is 2. The van der Waals surface area contributed by atoms with E-state index in [1.165, 1.54) is 5.56 Å². The van der Waals surface area contributed by atoms with Crippen LogP contribution in [-0.2, 0) is 13.0 Å². The van der Waals surface area contributed by atoms with Gasteiger partial charge in [-0.1, -0.05) is 6.92 Å². The number of benzene rings is 1. The van der Waals surface area contributed by atoms with Gasteiger partial charge in [0, 0.05) is 11.3 Å². The second-order valence-corrected chi connectivity index (χ2v) is 4.96. The minimum atomic E-state index is -0.631. The molecule has 0 aliphatic heterocycles. The molecule has 0 aliphatic carbocycles. The Kier molecular flexibility index (Phi) is 4.18. The predicted octanol–water partition coefficient (Wildman–Crippen LogP) is 3.04. The van der Waals surface area contributed by atoms with Gasteiger partial charge in [0.05, 0.1) is 18.3 Å². The van der Waals surface area contributed by atoms with E-state index in [0.29, 0.717) is 6.54 Å². The van der Waals surface area contributed by atoms with Crippen LogP contribution in [0.1, 0.15) is 35.5 Å². The molecule has 0 amide bonds. The van der Waals surface area contributed by atoms with Crippen molar-refractivity contribution in [2.75, 3.05) is 0 Å². The number of halogens is 2. The van der Waals surface area contributed by atoms with E-state index in [1.807, 2.05) is 13.8 Å². The third-order valence-electron chi connectivity index (χ3n) is 3.61. The summed E-state index contributed by atoms with van der Waals surface area (Å²) in [5.41, 5.74) is 9.33. The van der Waals surface area contributed by atoms with Gasteiger partial charge in [-0.3, -0.25) is 4.68 Å². The van der Waals surface area contributed by atoms with Gasteiger partial charge >= 0.3 is 0 Å². The largest absolute Gasteiger partial charge is 0.322 e. The van der Waals surface area contributed by atoms with Crippen molar-refractivity contribution in [3.05, 3.63) is 52.3 Å². The highest BCUT2D eigenvalue weighted by molar-refractivity contribution is 5.25. The van der Waals surface area contributed by atoms with Gasteiger partial charge in [0.15, 0.2) is 0 Å². The van der Waals surface area contributed by atoms with Crippen LogP contribution in [0.5, 0.6) is 0 Å². The predicted molar refractivity (Wildman–Crippen MR) is 74.4 cm³/mol. The lowest BCUT2D eigenvalue weighted by Crippen LogP contribution is -2.20. The third kappa shape index (κ3) is 2.72. The van der Waals surface area contributed by atoms with Crippen LogP contribution >= 0.6 is 0 Å². The fourth-order valence-corrected chi connectivity index (χ4v) is 2.51. The lowest BCUT2D eigenvalue weighted by atomic mass is 10.1. The van der Waals surface area contributed by atoms with Crippen molar-refractivity contribution in [1.29, 1.82) is 0 Å². The first-order chi connectivity index (χ1) is 9.43. The van der Waals surface area contributed by atoms with Crippen LogP contribution in [0.25, 0.3) is 0 Å². The lowest BCUT2D eigenvalue weighted by molar-refractivity contribution is 0.487. The Labute approximate surface area is 117 Å². The Hall–Kier alpha value is -1.75. The molecule has 0 bridgehead atoms. The van der Waals surface area contributed by atoms with Crippen molar-refractivity contribution < 1.29 is 8.78 Å². The Morgan fingerprint density at radius 2 is 2.00 bits per heavy atom. The monoisotopic (exact) mass is 279 g/mol. The number of aryl methyl sites for hydroxylation is 1. The molecule has 1 aromatic carbocycles. The average Bonchev–Trinajstić information content (AvgIpc) is 2.66. The topological polar surface area (TPSA) is 43.8 Å². The zero-order valence-corrected chi connectivity index (χ0v) is 12.0. The van der Waals surface area contributed by atoms with Crippen LogP contribution in [0.3, 0.4) is 0 Å². The first-order valence-electron chi connectivity index (χ1n) is 6.67. The average molecular weight is 279 g/mol. The molecule has 0 spiro atoms. The molecule has 1 unspecified atom stereocenters. The van der Waals surface area contributed by atoms with Crippen LogP contribution < -0.4 is 5.73 Å². The fourth-order valence-electron chi connectivity index (χ4n) is 2.51. The van der Waals surface area contributed by atoms with E-state index in [0.717, 1.165) is 36.0 Å². The highest BCUT2D eigenvalue weighted by Crippen LogP contribution is 2.20. The van der Waals surface area contributed by atoms with Crippen molar-refractivity contribution in [1.82, 2.24) is 9.78 Å². The molecular weight excluding hydrogens is 260 g/mol. The summed E-state index contributed by atoms with van der Waals surface area (Å²) >= 11 is 0. The molecule has 0 saturated heterocycles. The highest BCUT2D eigenvalue weighted by Gasteiger charge is 2.16. The molecule has 2 N–H and O–H groups in total. The molecule has 0 aliphatic rings. The summed E-state index contributed by atoms with van der Waals surface area (Å²) in [6.07, 6.45) is 0.890. The zero-order valence-electron chi connectivity index (χ0n) is 12.0. The molecule has 2 aromatic rings. The minimum Gasteiger partial charge on any atom is -0.322 e. The highest BCUT2D eigenvalue weighted by atomic mass is 19.1. The standard InChI is InChI=1S/C15H19F2N3/c1-4-12-9(2)19-20(10(12)3)8-15(18)13-7-11(16)5-6-14(13)17/h5-7,15H,4,8,18H2,1-3H3. The summed E-state index contributed by atoms with van der Waals surface area (Å²) < 4.78 is 28.7. The van der Waals surface area contributed by atoms with Crippen molar-refractivity contribution in [2.24, 2.45) is 5.73 Å². The van der Waals surface area contributed by atoms with Crippen molar-refractivity contribution in [3.63, 3.8) is 0 Å². The molecule has 0 saturated carbocycles. The summed E-state index contributed by atoms with van der Waals surface area (Å²) in [5.74, 6) is -0.976. The van der Waals surface area contributed by atoms with E-state index in [4.69, 9.17) is 5.73 Å². The van der Waals surface area contributed by atoms with Crippen LogP contribution in [0.2, 0.25) is 0 Å². The van der Waals surface area contributed by atoms with Gasteiger partial charge in [0.1, 0.15) is 11.6 Å². The molecule has 108 valence electrons. The Balaban J connectivity index is 2.28. The quantitative estimate of drug-likeness (QED) is 0.935. The molecule has 1 atom stereocenters. The Morgan fingerprint density at radius 3 is 2.60 bits per heavy atom. The first-order valence-corrected chi connectivity index (χ1v) is 6.67. The molecule has 1 heterocycles. The van der Waals surface area contributed by atoms with Gasteiger partial charge in [-0.15, -0.1) is 0 Å². The number of nitrogens with two attached hydrogens (primary N) is 1. The van der Waals surface area contributed by atoms with Crippen molar-refractivity contribution in [3.8, 4) is 0 Å². The van der Waals surface area contributed by atoms with Gasteiger partial charge in [-0.2, -0.15) is 5.10 Å². The normalized spacial score (nSPS) is 12.7. The van der Waals surface area contributed by atoms with Gasteiger partial charge in [0.25, 0.3) is 0 Å². The molecule has 5 heteroatoms. The molecule has 3 nitrogen and oxygen atoms in total. The van der Waals surface area contributed by atoms with Crippen molar-refractivity contribution in [2.45, 2.75) is 39.8 Å². The maximum absolute atomic E-state index is 13.7. The van der Waals surface area contributed by atoms with E-state index in [-0.39, 0.29) is 5.56 Å². The summed E-state index contributed by atoms with van der Waals surface area (Å²) in [7, 11) is 0. The van der Waals surface area contributed by atoms with Gasteiger partial charge in [0.2, 0.25) is 0 Å². The van der Waals surface area contributed by atoms with E-state index in [2.05, 4.69) is 12.0 Å². The molecule has 0 radical (unpaired) electrons. The van der Waals surface area contributed by atoms with Gasteiger partial charge in [-0.05, 0) is 44.0 Å². The maximum atomic E-state index is 13.7. The van der Waals surface area contributed by atoms with E-state index in [1.54, 1.807) is 4.68 Å². The molecule has 1 aromatic heterocycles. The van der Waals surface area contributed by atoms with Crippen molar-refractivity contribution >= 4 is 0 Å². The lowest BCUT2D eigenvalue weighted by Gasteiger charge is -2.14. The summed E-state index contributed by atoms with van der Waals surface area (Å²) in [5, 5.41) is 4.42. The molecule has 20 heavy (non-hydrogen) atoms. The number of hydrogen-bond acceptors (Lipinski definition) is 2. The minimum absolute atomic E-state index is 0.176. The van der Waals surface area contributed by atoms with Crippen LogP contribution in [0, 0.1) is 25.5 Å². The molecular formula is C15H19F2N3. The number of hydrogen-bond donors (Lipinski definition) is 1. The summed E-state index contributed by atoms with van der Waals surface area (Å²) in [6.45, 7) is 6.30. The summed E-state index contributed by atoms with van der Waals surface area (Å²) in [4.78, 5) is 0. The fraction of sp³-hybridized carbons (Fsp3) is 0.400. The van der Waals surface area contributed by atoms with Crippen LogP contribution in [0.15, 0.2) is 18.2 Å². The van der Waals surface area contributed by atoms with Crippen LogP contribution in [-0.4, -0.2) is 9.78 Å². The van der Waals surface area contributed by atoms with Gasteiger partial charge in [-0.25, -0.2) is 8.78 Å². The molecule has 0 fully saturated rings. The van der Waals surface area contributed by atoms with Gasteiger partial charge < -0.3 is 5.73 Å². The SMILES string of the molecule is CCc1c(C)nn(CC(N)c2cc(F)ccc2F)c1C. The van der Waals surface area contributed by atoms with Crippen LogP contribution in [0.4, 0.5) is 8.78 Å². The molecule has 2 rings (SSSR count). The summed E-state index contributed by atoms with van der Waals surface area (Å²) in [6, 6.07) is 2.70. The smallest absolute Gasteiger partial charge is 0.128 e. The van der Waals surface area contributed by atoms with E-state index in [9.17, 15) is 8.78 Å². The second-order valence-electron chi connectivity index (χ2n) is 4.96. The second kappa shape index (κ2) is 5.71. The Bertz CT molecular complexity index is 620.